The van der Waals surface area contributed by atoms with Crippen molar-refractivity contribution in [3.05, 3.63) is 35.4 Å². The van der Waals surface area contributed by atoms with Crippen LogP contribution in [0.25, 0.3) is 0 Å². The average Bonchev–Trinajstić information content (AvgIpc) is 2.54. The van der Waals surface area contributed by atoms with Gasteiger partial charge in [-0.05, 0) is 30.9 Å². The van der Waals surface area contributed by atoms with Gasteiger partial charge in [0.15, 0.2) is 0 Å². The van der Waals surface area contributed by atoms with Gasteiger partial charge in [0.05, 0.1) is 13.2 Å². The monoisotopic (exact) mass is 323 g/mol. The Labute approximate surface area is 135 Å². The second-order valence-electron chi connectivity index (χ2n) is 6.65. The molecule has 2 fully saturated rings. The van der Waals surface area contributed by atoms with Gasteiger partial charge in [-0.15, -0.1) is 0 Å². The van der Waals surface area contributed by atoms with E-state index in [9.17, 15) is 13.6 Å². The van der Waals surface area contributed by atoms with E-state index in [1.807, 2.05) is 31.2 Å². The Hall–Kier alpha value is -1.49. The number of ether oxygens (including phenoxy) is 1. The Morgan fingerprint density at radius 2 is 2.13 bits per heavy atom. The zero-order valence-electron chi connectivity index (χ0n) is 13.4. The summed E-state index contributed by atoms with van der Waals surface area (Å²) in [4.78, 5) is 14.4. The third-order valence-corrected chi connectivity index (χ3v) is 4.90. The van der Waals surface area contributed by atoms with E-state index in [1.54, 1.807) is 4.90 Å². The van der Waals surface area contributed by atoms with E-state index < -0.39 is 11.8 Å². The quantitative estimate of drug-likeness (QED) is 0.830. The predicted octanol–water partition coefficient (Wildman–Crippen LogP) is 3.72. The van der Waals surface area contributed by atoms with E-state index in [0.29, 0.717) is 32.5 Å². The first kappa shape index (κ1) is 16.4. The number of benzene rings is 1. The summed E-state index contributed by atoms with van der Waals surface area (Å²) in [7, 11) is 0. The maximum absolute atomic E-state index is 13.6. The van der Waals surface area contributed by atoms with Crippen LogP contribution >= 0.6 is 0 Å². The van der Waals surface area contributed by atoms with Crippen molar-refractivity contribution in [2.45, 2.75) is 44.6 Å². The fourth-order valence-corrected chi connectivity index (χ4v) is 3.63. The molecule has 0 bridgehead atoms. The lowest BCUT2D eigenvalue weighted by atomic mass is 9.85. The average molecular weight is 323 g/mol. The van der Waals surface area contributed by atoms with Crippen LogP contribution in [0.3, 0.4) is 0 Å². The standard InChI is InChI=1S/C18H23F2NO2/c1-13-5-2-3-7-15(13)16-12-21(9-10-23-16)17(22)14-6-4-8-18(19,20)11-14/h2-3,5,7,14,16H,4,6,8-12H2,1H3. The van der Waals surface area contributed by atoms with Crippen LogP contribution in [0.15, 0.2) is 24.3 Å². The largest absolute Gasteiger partial charge is 0.370 e. The summed E-state index contributed by atoms with van der Waals surface area (Å²) in [5, 5.41) is 0. The van der Waals surface area contributed by atoms with Crippen molar-refractivity contribution in [1.29, 1.82) is 0 Å². The van der Waals surface area contributed by atoms with Crippen molar-refractivity contribution in [3.8, 4) is 0 Å². The Balaban J connectivity index is 1.69. The number of hydrogen-bond acceptors (Lipinski definition) is 2. The van der Waals surface area contributed by atoms with Gasteiger partial charge in [0.25, 0.3) is 0 Å². The first-order valence-corrected chi connectivity index (χ1v) is 8.30. The Bertz CT molecular complexity index is 576. The second-order valence-corrected chi connectivity index (χ2v) is 6.65. The molecular weight excluding hydrogens is 300 g/mol. The van der Waals surface area contributed by atoms with E-state index >= 15 is 0 Å². The Morgan fingerprint density at radius 3 is 2.87 bits per heavy atom. The minimum absolute atomic E-state index is 0.0915. The normalized spacial score (nSPS) is 27.7. The molecule has 5 heteroatoms. The van der Waals surface area contributed by atoms with Gasteiger partial charge in [-0.3, -0.25) is 4.79 Å². The fraction of sp³-hybridized carbons (Fsp3) is 0.611. The molecule has 0 radical (unpaired) electrons. The van der Waals surface area contributed by atoms with E-state index in [-0.39, 0.29) is 24.9 Å². The maximum Gasteiger partial charge on any atom is 0.248 e. The maximum atomic E-state index is 13.6. The molecule has 3 rings (SSSR count). The van der Waals surface area contributed by atoms with E-state index in [4.69, 9.17) is 4.74 Å². The molecule has 2 unspecified atom stereocenters. The van der Waals surface area contributed by atoms with Crippen molar-refractivity contribution in [1.82, 2.24) is 4.90 Å². The first-order chi connectivity index (χ1) is 11.0. The number of hydrogen-bond donors (Lipinski definition) is 0. The van der Waals surface area contributed by atoms with Crippen LogP contribution < -0.4 is 0 Å². The van der Waals surface area contributed by atoms with Crippen LogP contribution in [0.2, 0.25) is 0 Å². The molecule has 1 saturated heterocycles. The molecule has 1 aromatic carbocycles. The van der Waals surface area contributed by atoms with Crippen molar-refractivity contribution in [3.63, 3.8) is 0 Å². The highest BCUT2D eigenvalue weighted by Crippen LogP contribution is 2.38. The second kappa shape index (κ2) is 6.56. The molecule has 2 atom stereocenters. The molecule has 1 aliphatic carbocycles. The number of halogens is 2. The summed E-state index contributed by atoms with van der Waals surface area (Å²) < 4.78 is 33.0. The third kappa shape index (κ3) is 3.71. The van der Waals surface area contributed by atoms with Gasteiger partial charge < -0.3 is 9.64 Å². The van der Waals surface area contributed by atoms with Crippen molar-refractivity contribution >= 4 is 5.91 Å². The van der Waals surface area contributed by atoms with Gasteiger partial charge in [0.1, 0.15) is 6.10 Å². The summed E-state index contributed by atoms with van der Waals surface area (Å²) in [6.45, 7) is 3.41. The van der Waals surface area contributed by atoms with Crippen LogP contribution in [-0.4, -0.2) is 36.4 Å². The molecule has 0 aromatic heterocycles. The number of carbonyl (C=O) groups excluding carboxylic acids is 1. The molecule has 0 N–H and O–H groups in total. The Morgan fingerprint density at radius 1 is 1.35 bits per heavy atom. The lowest BCUT2D eigenvalue weighted by Gasteiger charge is -2.37. The van der Waals surface area contributed by atoms with Gasteiger partial charge in [-0.1, -0.05) is 24.3 Å². The SMILES string of the molecule is Cc1ccccc1C1CN(C(=O)C2CCCC(F)(F)C2)CCO1. The number of carbonyl (C=O) groups is 1. The first-order valence-electron chi connectivity index (χ1n) is 8.30. The predicted molar refractivity (Wildman–Crippen MR) is 83.4 cm³/mol. The lowest BCUT2D eigenvalue weighted by Crippen LogP contribution is -2.46. The van der Waals surface area contributed by atoms with E-state index in [0.717, 1.165) is 11.1 Å². The minimum Gasteiger partial charge on any atom is -0.370 e. The summed E-state index contributed by atoms with van der Waals surface area (Å²) >= 11 is 0. The molecular formula is C18H23F2NO2. The van der Waals surface area contributed by atoms with Crippen LogP contribution in [0.5, 0.6) is 0 Å². The molecule has 1 amide bonds. The topological polar surface area (TPSA) is 29.5 Å². The number of alkyl halides is 2. The highest BCUT2D eigenvalue weighted by Gasteiger charge is 2.41. The number of morpholine rings is 1. The summed E-state index contributed by atoms with van der Waals surface area (Å²) in [6, 6.07) is 7.94. The van der Waals surface area contributed by atoms with Crippen molar-refractivity contribution in [2.24, 2.45) is 5.92 Å². The number of amides is 1. The highest BCUT2D eigenvalue weighted by molar-refractivity contribution is 5.79. The number of rotatable bonds is 2. The van der Waals surface area contributed by atoms with Gasteiger partial charge in [0.2, 0.25) is 11.8 Å². The molecule has 23 heavy (non-hydrogen) atoms. The van der Waals surface area contributed by atoms with Crippen molar-refractivity contribution < 1.29 is 18.3 Å². The zero-order chi connectivity index (χ0) is 16.4. The molecule has 1 saturated carbocycles. The molecule has 1 aliphatic heterocycles. The van der Waals surface area contributed by atoms with Crippen LogP contribution in [0, 0.1) is 12.8 Å². The molecule has 0 spiro atoms. The van der Waals surface area contributed by atoms with Crippen LogP contribution in [-0.2, 0) is 9.53 Å². The Kier molecular flexibility index (Phi) is 4.67. The molecule has 3 nitrogen and oxygen atoms in total. The summed E-state index contributed by atoms with van der Waals surface area (Å²) in [5.41, 5.74) is 2.19. The minimum atomic E-state index is -2.69. The summed E-state index contributed by atoms with van der Waals surface area (Å²) in [6.07, 6.45) is 0.428. The van der Waals surface area contributed by atoms with Gasteiger partial charge >= 0.3 is 0 Å². The van der Waals surface area contributed by atoms with Gasteiger partial charge in [0, 0.05) is 25.3 Å². The van der Waals surface area contributed by atoms with Gasteiger partial charge in [-0.25, -0.2) is 8.78 Å². The number of nitrogens with zero attached hydrogens (tertiary/aromatic N) is 1. The number of aryl methyl sites for hydroxylation is 1. The van der Waals surface area contributed by atoms with E-state index in [1.165, 1.54) is 0 Å². The molecule has 1 aromatic rings. The van der Waals surface area contributed by atoms with E-state index in [2.05, 4.69) is 0 Å². The van der Waals surface area contributed by atoms with Crippen LogP contribution in [0.4, 0.5) is 8.78 Å². The van der Waals surface area contributed by atoms with Gasteiger partial charge in [-0.2, -0.15) is 0 Å². The summed E-state index contributed by atoms with van der Waals surface area (Å²) in [5.74, 6) is -3.37. The lowest BCUT2D eigenvalue weighted by molar-refractivity contribution is -0.150. The molecule has 1 heterocycles. The zero-order valence-corrected chi connectivity index (χ0v) is 13.4. The smallest absolute Gasteiger partial charge is 0.248 e. The highest BCUT2D eigenvalue weighted by atomic mass is 19.3. The molecule has 2 aliphatic rings. The van der Waals surface area contributed by atoms with Crippen molar-refractivity contribution in [2.75, 3.05) is 19.7 Å². The van der Waals surface area contributed by atoms with Crippen LogP contribution in [0.1, 0.15) is 42.9 Å². The molecule has 126 valence electrons. The fourth-order valence-electron chi connectivity index (χ4n) is 3.63. The third-order valence-electron chi connectivity index (χ3n) is 4.90.